The summed E-state index contributed by atoms with van der Waals surface area (Å²) in [5.74, 6) is 0.168. The van der Waals surface area contributed by atoms with E-state index in [0.717, 1.165) is 19.3 Å². The predicted molar refractivity (Wildman–Crippen MR) is 80.6 cm³/mol. The van der Waals surface area contributed by atoms with Crippen molar-refractivity contribution >= 4 is 10.0 Å². The Balaban J connectivity index is 2.29. The quantitative estimate of drug-likeness (QED) is 0.896. The SMILES string of the molecule is CC1CCCC(NS(=O)(=O)c2cccc(F)c2CN)C1C. The summed E-state index contributed by atoms with van der Waals surface area (Å²) in [4.78, 5) is -0.0459. The number of benzene rings is 1. The molecule has 6 heteroatoms. The Morgan fingerprint density at radius 2 is 2.05 bits per heavy atom. The molecule has 4 nitrogen and oxygen atoms in total. The second-order valence-electron chi connectivity index (χ2n) is 5.92. The number of nitrogens with two attached hydrogens (primary N) is 1. The van der Waals surface area contributed by atoms with E-state index in [1.54, 1.807) is 0 Å². The first-order chi connectivity index (χ1) is 9.86. The molecule has 0 bridgehead atoms. The molecule has 1 fully saturated rings. The predicted octanol–water partition coefficient (Wildman–Crippen LogP) is 2.39. The molecule has 2 rings (SSSR count). The number of sulfonamides is 1. The van der Waals surface area contributed by atoms with Crippen LogP contribution in [-0.4, -0.2) is 14.5 Å². The van der Waals surface area contributed by atoms with Gasteiger partial charge in [0, 0.05) is 18.2 Å². The molecule has 3 unspecified atom stereocenters. The molecule has 1 aromatic rings. The Labute approximate surface area is 126 Å². The highest BCUT2D eigenvalue weighted by Gasteiger charge is 2.31. The normalized spacial score (nSPS) is 26.8. The van der Waals surface area contributed by atoms with Crippen LogP contribution in [0.4, 0.5) is 4.39 Å². The van der Waals surface area contributed by atoms with Gasteiger partial charge in [-0.15, -0.1) is 0 Å². The summed E-state index contributed by atoms with van der Waals surface area (Å²) in [6.45, 7) is 4.06. The van der Waals surface area contributed by atoms with Gasteiger partial charge in [0.25, 0.3) is 0 Å². The van der Waals surface area contributed by atoms with Crippen molar-refractivity contribution in [1.29, 1.82) is 0 Å². The Morgan fingerprint density at radius 1 is 1.33 bits per heavy atom. The summed E-state index contributed by atoms with van der Waals surface area (Å²) in [7, 11) is -3.75. The smallest absolute Gasteiger partial charge is 0.241 e. The van der Waals surface area contributed by atoms with Gasteiger partial charge in [0.15, 0.2) is 0 Å². The fourth-order valence-corrected chi connectivity index (χ4v) is 4.62. The maximum atomic E-state index is 13.7. The Morgan fingerprint density at radius 3 is 2.71 bits per heavy atom. The van der Waals surface area contributed by atoms with Crippen LogP contribution < -0.4 is 10.5 Å². The number of hydrogen-bond acceptors (Lipinski definition) is 3. The van der Waals surface area contributed by atoms with Gasteiger partial charge in [0.05, 0.1) is 4.90 Å². The van der Waals surface area contributed by atoms with Gasteiger partial charge in [-0.3, -0.25) is 0 Å². The van der Waals surface area contributed by atoms with E-state index in [2.05, 4.69) is 18.6 Å². The summed E-state index contributed by atoms with van der Waals surface area (Å²) in [5.41, 5.74) is 5.54. The zero-order valence-electron chi connectivity index (χ0n) is 12.5. The third kappa shape index (κ3) is 3.44. The third-order valence-corrected chi connectivity index (χ3v) is 6.16. The average molecular weight is 314 g/mol. The Hall–Kier alpha value is -0.980. The van der Waals surface area contributed by atoms with Gasteiger partial charge < -0.3 is 5.73 Å². The van der Waals surface area contributed by atoms with Crippen LogP contribution in [0, 0.1) is 17.7 Å². The van der Waals surface area contributed by atoms with Gasteiger partial charge in [-0.25, -0.2) is 17.5 Å². The van der Waals surface area contributed by atoms with Crippen molar-refractivity contribution in [2.24, 2.45) is 17.6 Å². The molecule has 1 saturated carbocycles. The minimum absolute atomic E-state index is 0.0431. The standard InChI is InChI=1S/C15H23FN2O2S/c1-10-5-3-7-14(11(10)2)18-21(19,20)15-8-4-6-13(16)12(15)9-17/h4,6,8,10-11,14,18H,3,5,7,9,17H2,1-2H3. The maximum Gasteiger partial charge on any atom is 0.241 e. The van der Waals surface area contributed by atoms with Crippen molar-refractivity contribution in [3.63, 3.8) is 0 Å². The number of halogens is 1. The van der Waals surface area contributed by atoms with Crippen LogP contribution in [0.15, 0.2) is 23.1 Å². The van der Waals surface area contributed by atoms with Crippen LogP contribution in [0.2, 0.25) is 0 Å². The molecule has 0 amide bonds. The summed E-state index contributed by atoms with van der Waals surface area (Å²) in [6, 6.07) is 3.93. The summed E-state index contributed by atoms with van der Waals surface area (Å²) < 4.78 is 41.6. The van der Waals surface area contributed by atoms with Crippen molar-refractivity contribution in [3.8, 4) is 0 Å². The summed E-state index contributed by atoms with van der Waals surface area (Å²) >= 11 is 0. The highest BCUT2D eigenvalue weighted by Crippen LogP contribution is 2.31. The van der Waals surface area contributed by atoms with Crippen molar-refractivity contribution in [3.05, 3.63) is 29.6 Å². The van der Waals surface area contributed by atoms with Crippen molar-refractivity contribution in [1.82, 2.24) is 4.72 Å². The fraction of sp³-hybridized carbons (Fsp3) is 0.600. The fourth-order valence-electron chi connectivity index (χ4n) is 3.00. The van der Waals surface area contributed by atoms with Crippen LogP contribution >= 0.6 is 0 Å². The van der Waals surface area contributed by atoms with Crippen LogP contribution in [0.5, 0.6) is 0 Å². The number of rotatable bonds is 4. The van der Waals surface area contributed by atoms with E-state index < -0.39 is 15.8 Å². The van der Waals surface area contributed by atoms with Crippen molar-refractivity contribution < 1.29 is 12.8 Å². The average Bonchev–Trinajstić information content (AvgIpc) is 2.43. The van der Waals surface area contributed by atoms with Gasteiger partial charge in [-0.2, -0.15) is 0 Å². The molecule has 21 heavy (non-hydrogen) atoms. The maximum absolute atomic E-state index is 13.7. The Kier molecular flexibility index (Phi) is 5.01. The molecule has 0 heterocycles. The van der Waals surface area contributed by atoms with Gasteiger partial charge in [-0.1, -0.05) is 32.8 Å². The van der Waals surface area contributed by atoms with Crippen LogP contribution in [0.25, 0.3) is 0 Å². The first kappa shape index (κ1) is 16.4. The molecule has 0 radical (unpaired) electrons. The first-order valence-electron chi connectivity index (χ1n) is 7.36. The number of hydrogen-bond donors (Lipinski definition) is 2. The summed E-state index contributed by atoms with van der Waals surface area (Å²) in [6.07, 6.45) is 2.94. The van der Waals surface area contributed by atoms with E-state index in [1.165, 1.54) is 18.2 Å². The summed E-state index contributed by atoms with van der Waals surface area (Å²) in [5, 5.41) is 0. The zero-order chi connectivity index (χ0) is 15.6. The number of nitrogens with one attached hydrogen (secondary N) is 1. The van der Waals surface area contributed by atoms with Crippen molar-refractivity contribution in [2.45, 2.75) is 50.6 Å². The highest BCUT2D eigenvalue weighted by atomic mass is 32.2. The lowest BCUT2D eigenvalue weighted by Gasteiger charge is -2.34. The highest BCUT2D eigenvalue weighted by molar-refractivity contribution is 7.89. The van der Waals surface area contributed by atoms with Gasteiger partial charge in [0.2, 0.25) is 10.0 Å². The minimum atomic E-state index is -3.75. The third-order valence-electron chi connectivity index (χ3n) is 4.58. The molecule has 118 valence electrons. The second kappa shape index (κ2) is 6.42. The van der Waals surface area contributed by atoms with Crippen molar-refractivity contribution in [2.75, 3.05) is 0 Å². The van der Waals surface area contributed by atoms with E-state index in [0.29, 0.717) is 5.92 Å². The molecule has 0 saturated heterocycles. The Bertz CT molecular complexity index is 604. The molecule has 3 N–H and O–H groups in total. The first-order valence-corrected chi connectivity index (χ1v) is 8.85. The van der Waals surface area contributed by atoms with Crippen LogP contribution in [0.1, 0.15) is 38.7 Å². The molecule has 1 aliphatic carbocycles. The molecule has 0 spiro atoms. The van der Waals surface area contributed by atoms with Gasteiger partial charge >= 0.3 is 0 Å². The second-order valence-corrected chi connectivity index (χ2v) is 7.60. The lowest BCUT2D eigenvalue weighted by atomic mass is 9.78. The minimum Gasteiger partial charge on any atom is -0.326 e. The zero-order valence-corrected chi connectivity index (χ0v) is 13.3. The van der Waals surface area contributed by atoms with Crippen LogP contribution in [-0.2, 0) is 16.6 Å². The van der Waals surface area contributed by atoms with Crippen LogP contribution in [0.3, 0.4) is 0 Å². The van der Waals surface area contributed by atoms with E-state index >= 15 is 0 Å². The molecule has 0 aromatic heterocycles. The van der Waals surface area contributed by atoms with E-state index in [9.17, 15) is 12.8 Å². The monoisotopic (exact) mass is 314 g/mol. The molecule has 1 aromatic carbocycles. The lowest BCUT2D eigenvalue weighted by Crippen LogP contribution is -2.43. The largest absolute Gasteiger partial charge is 0.326 e. The van der Waals surface area contributed by atoms with E-state index in [4.69, 9.17) is 5.73 Å². The van der Waals surface area contributed by atoms with Gasteiger partial charge in [-0.05, 0) is 30.4 Å². The topological polar surface area (TPSA) is 72.2 Å². The van der Waals surface area contributed by atoms with E-state index in [1.807, 2.05) is 0 Å². The van der Waals surface area contributed by atoms with E-state index in [-0.39, 0.29) is 29.0 Å². The molecule has 0 aliphatic heterocycles. The van der Waals surface area contributed by atoms with Gasteiger partial charge in [0.1, 0.15) is 5.82 Å². The molecular formula is C15H23FN2O2S. The molecule has 1 aliphatic rings. The molecule has 3 atom stereocenters. The molecular weight excluding hydrogens is 291 g/mol. The lowest BCUT2D eigenvalue weighted by molar-refractivity contribution is 0.227.